The number of nitrogens with zero attached hydrogens (tertiary/aromatic N) is 1. The van der Waals surface area contributed by atoms with Gasteiger partial charge in [0.2, 0.25) is 5.91 Å². The summed E-state index contributed by atoms with van der Waals surface area (Å²) in [7, 11) is 0. The van der Waals surface area contributed by atoms with Gasteiger partial charge < -0.3 is 10.6 Å². The zero-order chi connectivity index (χ0) is 14.5. The Kier molecular flexibility index (Phi) is 4.26. The van der Waals surface area contributed by atoms with E-state index in [1.807, 2.05) is 12.1 Å². The molecule has 3 rings (SSSR count). The van der Waals surface area contributed by atoms with Crippen molar-refractivity contribution < 1.29 is 4.79 Å². The minimum absolute atomic E-state index is 0.0129. The van der Waals surface area contributed by atoms with Crippen LogP contribution in [-0.2, 0) is 11.3 Å². The van der Waals surface area contributed by atoms with Crippen molar-refractivity contribution in [2.24, 2.45) is 0 Å². The molecule has 2 heterocycles. The Morgan fingerprint density at radius 1 is 1.14 bits per heavy atom. The predicted octanol–water partition coefficient (Wildman–Crippen LogP) is 2.12. The van der Waals surface area contributed by atoms with Crippen molar-refractivity contribution in [1.82, 2.24) is 15.6 Å². The molecule has 1 aliphatic heterocycles. The largest absolute Gasteiger partial charge is 0.351 e. The third-order valence-electron chi connectivity index (χ3n) is 3.81. The van der Waals surface area contributed by atoms with Crippen molar-refractivity contribution in [1.29, 1.82) is 0 Å². The summed E-state index contributed by atoms with van der Waals surface area (Å²) in [5.74, 6) is 0.103. The molecule has 1 fully saturated rings. The lowest BCUT2D eigenvalue weighted by Gasteiger charge is -2.11. The minimum Gasteiger partial charge on any atom is -0.351 e. The number of nitrogens with one attached hydrogen (secondary N) is 2. The maximum atomic E-state index is 11.9. The third kappa shape index (κ3) is 3.47. The van der Waals surface area contributed by atoms with Crippen LogP contribution < -0.4 is 10.6 Å². The van der Waals surface area contributed by atoms with E-state index in [0.29, 0.717) is 6.54 Å². The number of benzene rings is 1. The molecule has 0 radical (unpaired) electrons. The standard InChI is InChI=1S/C17H19N3O/c21-17(16-2-1-9-19-16)20-12-13-3-5-14(6-4-13)15-7-10-18-11-8-15/h3-8,10-11,16,19H,1-2,9,12H2,(H,20,21). The third-order valence-corrected chi connectivity index (χ3v) is 3.81. The van der Waals surface area contributed by atoms with Gasteiger partial charge in [-0.1, -0.05) is 24.3 Å². The number of carbonyl (C=O) groups excluding carboxylic acids is 1. The second-order valence-corrected chi connectivity index (χ2v) is 5.30. The highest BCUT2D eigenvalue weighted by Gasteiger charge is 2.21. The van der Waals surface area contributed by atoms with E-state index in [-0.39, 0.29) is 11.9 Å². The Hall–Kier alpha value is -2.20. The number of aromatic nitrogens is 1. The number of pyridine rings is 1. The van der Waals surface area contributed by atoms with Gasteiger partial charge in [-0.15, -0.1) is 0 Å². The molecule has 21 heavy (non-hydrogen) atoms. The monoisotopic (exact) mass is 281 g/mol. The van der Waals surface area contributed by atoms with Gasteiger partial charge in [0.1, 0.15) is 0 Å². The van der Waals surface area contributed by atoms with Crippen LogP contribution in [0, 0.1) is 0 Å². The fraction of sp³-hybridized carbons (Fsp3) is 0.294. The molecule has 0 saturated carbocycles. The first kappa shape index (κ1) is 13.8. The maximum absolute atomic E-state index is 11.9. The quantitative estimate of drug-likeness (QED) is 0.902. The molecule has 1 aromatic heterocycles. The summed E-state index contributed by atoms with van der Waals surface area (Å²) in [6, 6.07) is 12.2. The zero-order valence-electron chi connectivity index (χ0n) is 11.9. The average Bonchev–Trinajstić information content (AvgIpc) is 3.08. The van der Waals surface area contributed by atoms with E-state index < -0.39 is 0 Å². The van der Waals surface area contributed by atoms with Crippen LogP contribution in [0.15, 0.2) is 48.8 Å². The smallest absolute Gasteiger partial charge is 0.237 e. The number of carbonyl (C=O) groups is 1. The van der Waals surface area contributed by atoms with Crippen LogP contribution in [0.5, 0.6) is 0 Å². The van der Waals surface area contributed by atoms with Crippen LogP contribution in [0.2, 0.25) is 0 Å². The van der Waals surface area contributed by atoms with Gasteiger partial charge in [-0.25, -0.2) is 0 Å². The molecule has 0 aliphatic carbocycles. The Morgan fingerprint density at radius 3 is 2.52 bits per heavy atom. The molecule has 4 heteroatoms. The van der Waals surface area contributed by atoms with Crippen LogP contribution in [0.1, 0.15) is 18.4 Å². The van der Waals surface area contributed by atoms with Gasteiger partial charge in [0.25, 0.3) is 0 Å². The molecule has 1 unspecified atom stereocenters. The fourth-order valence-electron chi connectivity index (χ4n) is 2.58. The normalized spacial score (nSPS) is 17.6. The lowest BCUT2D eigenvalue weighted by atomic mass is 10.1. The zero-order valence-corrected chi connectivity index (χ0v) is 11.9. The molecular formula is C17H19N3O. The van der Waals surface area contributed by atoms with Crippen molar-refractivity contribution in [3.05, 3.63) is 54.4 Å². The van der Waals surface area contributed by atoms with Gasteiger partial charge in [-0.2, -0.15) is 0 Å². The Labute approximate surface area is 124 Å². The second kappa shape index (κ2) is 6.50. The summed E-state index contributed by atoms with van der Waals surface area (Å²) in [6.07, 6.45) is 5.60. The molecule has 0 spiro atoms. The first-order chi connectivity index (χ1) is 10.3. The SMILES string of the molecule is O=C(NCc1ccc(-c2ccncc2)cc1)C1CCCN1. The van der Waals surface area contributed by atoms with Gasteiger partial charge >= 0.3 is 0 Å². The van der Waals surface area contributed by atoms with Crippen LogP contribution in [-0.4, -0.2) is 23.5 Å². The fourth-order valence-corrected chi connectivity index (χ4v) is 2.58. The van der Waals surface area contributed by atoms with E-state index in [1.54, 1.807) is 12.4 Å². The lowest BCUT2D eigenvalue weighted by molar-refractivity contribution is -0.122. The Balaban J connectivity index is 1.58. The topological polar surface area (TPSA) is 54.0 Å². The van der Waals surface area contributed by atoms with Crippen LogP contribution in [0.3, 0.4) is 0 Å². The summed E-state index contributed by atoms with van der Waals surface area (Å²) in [4.78, 5) is 15.9. The molecule has 1 aromatic carbocycles. The van der Waals surface area contributed by atoms with Crippen molar-refractivity contribution in [3.63, 3.8) is 0 Å². The minimum atomic E-state index is -0.0129. The summed E-state index contributed by atoms with van der Waals surface area (Å²) in [6.45, 7) is 1.52. The summed E-state index contributed by atoms with van der Waals surface area (Å²) >= 11 is 0. The van der Waals surface area contributed by atoms with E-state index in [9.17, 15) is 4.79 Å². The molecule has 1 saturated heterocycles. The van der Waals surface area contributed by atoms with Gasteiger partial charge in [0.05, 0.1) is 6.04 Å². The second-order valence-electron chi connectivity index (χ2n) is 5.30. The highest BCUT2D eigenvalue weighted by Crippen LogP contribution is 2.18. The first-order valence-electron chi connectivity index (χ1n) is 7.33. The Morgan fingerprint density at radius 2 is 1.86 bits per heavy atom. The van der Waals surface area contributed by atoms with E-state index in [2.05, 4.69) is 39.9 Å². The van der Waals surface area contributed by atoms with Gasteiger partial charge in [0, 0.05) is 18.9 Å². The number of hydrogen-bond acceptors (Lipinski definition) is 3. The molecular weight excluding hydrogens is 262 g/mol. The van der Waals surface area contributed by atoms with Gasteiger partial charge in [-0.05, 0) is 48.2 Å². The summed E-state index contributed by atoms with van der Waals surface area (Å²) < 4.78 is 0. The van der Waals surface area contributed by atoms with Crippen LogP contribution in [0.25, 0.3) is 11.1 Å². The van der Waals surface area contributed by atoms with Crippen LogP contribution >= 0.6 is 0 Å². The van der Waals surface area contributed by atoms with E-state index in [4.69, 9.17) is 0 Å². The number of amides is 1. The molecule has 1 aliphatic rings. The Bertz CT molecular complexity index is 589. The summed E-state index contributed by atoms with van der Waals surface area (Å²) in [5.41, 5.74) is 3.42. The molecule has 2 N–H and O–H groups in total. The van der Waals surface area contributed by atoms with E-state index in [0.717, 1.165) is 36.1 Å². The number of rotatable bonds is 4. The van der Waals surface area contributed by atoms with Gasteiger partial charge in [-0.3, -0.25) is 9.78 Å². The van der Waals surface area contributed by atoms with Crippen LogP contribution in [0.4, 0.5) is 0 Å². The van der Waals surface area contributed by atoms with Crippen molar-refractivity contribution >= 4 is 5.91 Å². The maximum Gasteiger partial charge on any atom is 0.237 e. The highest BCUT2D eigenvalue weighted by atomic mass is 16.2. The van der Waals surface area contributed by atoms with Crippen molar-refractivity contribution in [2.75, 3.05) is 6.54 Å². The number of hydrogen-bond donors (Lipinski definition) is 2. The van der Waals surface area contributed by atoms with E-state index in [1.165, 1.54) is 0 Å². The van der Waals surface area contributed by atoms with Crippen molar-refractivity contribution in [2.45, 2.75) is 25.4 Å². The van der Waals surface area contributed by atoms with Crippen molar-refractivity contribution in [3.8, 4) is 11.1 Å². The molecule has 1 amide bonds. The van der Waals surface area contributed by atoms with Gasteiger partial charge in [0.15, 0.2) is 0 Å². The first-order valence-corrected chi connectivity index (χ1v) is 7.33. The average molecular weight is 281 g/mol. The molecule has 4 nitrogen and oxygen atoms in total. The molecule has 1 atom stereocenters. The molecule has 108 valence electrons. The predicted molar refractivity (Wildman–Crippen MR) is 82.5 cm³/mol. The highest BCUT2D eigenvalue weighted by molar-refractivity contribution is 5.82. The lowest BCUT2D eigenvalue weighted by Crippen LogP contribution is -2.39. The molecule has 2 aromatic rings. The summed E-state index contributed by atoms with van der Waals surface area (Å²) in [5, 5.41) is 6.19. The molecule has 0 bridgehead atoms. The van der Waals surface area contributed by atoms with E-state index >= 15 is 0 Å².